The summed E-state index contributed by atoms with van der Waals surface area (Å²) in [6.45, 7) is 2.18. The first-order valence-electron chi connectivity index (χ1n) is 6.71. The predicted octanol–water partition coefficient (Wildman–Crippen LogP) is 2.15. The molecule has 1 atom stereocenters. The lowest BCUT2D eigenvalue weighted by atomic mass is 9.99. The number of non-ortho nitro benzene ring substituents is 1. The van der Waals surface area contributed by atoms with Gasteiger partial charge in [-0.05, 0) is 32.3 Å². The molecule has 0 saturated carbocycles. The second kappa shape index (κ2) is 6.00. The fourth-order valence-corrected chi connectivity index (χ4v) is 2.68. The highest BCUT2D eigenvalue weighted by molar-refractivity contribution is 6.00. The lowest BCUT2D eigenvalue weighted by Gasteiger charge is -2.37. The van der Waals surface area contributed by atoms with Gasteiger partial charge < -0.3 is 10.0 Å². The Bertz CT molecular complexity index is 530. The van der Waals surface area contributed by atoms with Crippen LogP contribution >= 0.6 is 0 Å². The summed E-state index contributed by atoms with van der Waals surface area (Å²) in [5.74, 6) is -0.203. The number of Topliss-reactive ketones (excluding diaryl/α,β-unsaturated/α-hetero) is 1. The second-order valence-corrected chi connectivity index (χ2v) is 5.04. The summed E-state index contributed by atoms with van der Waals surface area (Å²) in [5.41, 5.74) is 0.943. The normalized spacial score (nSPS) is 18.9. The molecule has 20 heavy (non-hydrogen) atoms. The van der Waals surface area contributed by atoms with E-state index >= 15 is 0 Å². The Hall–Kier alpha value is -1.95. The lowest BCUT2D eigenvalue weighted by Crippen LogP contribution is -2.42. The minimum absolute atomic E-state index is 0.0222. The number of hydrogen-bond acceptors (Lipinski definition) is 5. The molecule has 2 rings (SSSR count). The van der Waals surface area contributed by atoms with Crippen molar-refractivity contribution in [3.63, 3.8) is 0 Å². The first-order chi connectivity index (χ1) is 9.54. The van der Waals surface area contributed by atoms with Crippen LogP contribution in [0.5, 0.6) is 0 Å². The first kappa shape index (κ1) is 14.5. The maximum Gasteiger partial charge on any atom is 0.270 e. The summed E-state index contributed by atoms with van der Waals surface area (Å²) >= 11 is 0. The Morgan fingerprint density at radius 2 is 2.25 bits per heavy atom. The molecule has 1 fully saturated rings. The average molecular weight is 278 g/mol. The van der Waals surface area contributed by atoms with Crippen molar-refractivity contribution in [2.45, 2.75) is 32.2 Å². The van der Waals surface area contributed by atoms with Crippen molar-refractivity contribution in [1.82, 2.24) is 0 Å². The van der Waals surface area contributed by atoms with E-state index in [0.29, 0.717) is 11.3 Å². The van der Waals surface area contributed by atoms with E-state index in [1.807, 2.05) is 4.90 Å². The van der Waals surface area contributed by atoms with Gasteiger partial charge in [-0.25, -0.2) is 0 Å². The molecule has 1 saturated heterocycles. The maximum absolute atomic E-state index is 11.8. The van der Waals surface area contributed by atoms with Gasteiger partial charge in [-0.1, -0.05) is 0 Å². The number of aliphatic hydroxyl groups excluding tert-OH is 1. The van der Waals surface area contributed by atoms with Crippen LogP contribution in [0, 0.1) is 10.1 Å². The van der Waals surface area contributed by atoms with Gasteiger partial charge in [-0.3, -0.25) is 14.9 Å². The van der Waals surface area contributed by atoms with Gasteiger partial charge in [-0.15, -0.1) is 0 Å². The molecule has 0 bridgehead atoms. The number of piperidine rings is 1. The topological polar surface area (TPSA) is 83.7 Å². The molecule has 1 N–H and O–H groups in total. The molecule has 0 aromatic heterocycles. The van der Waals surface area contributed by atoms with Gasteiger partial charge in [-0.2, -0.15) is 0 Å². The fourth-order valence-electron chi connectivity index (χ4n) is 2.68. The molecule has 0 aliphatic carbocycles. The van der Waals surface area contributed by atoms with Gasteiger partial charge in [0, 0.05) is 29.9 Å². The predicted molar refractivity (Wildman–Crippen MR) is 75.2 cm³/mol. The molecule has 1 aliphatic rings. The van der Waals surface area contributed by atoms with E-state index in [2.05, 4.69) is 0 Å². The number of carbonyl (C=O) groups is 1. The highest BCUT2D eigenvalue weighted by atomic mass is 16.6. The summed E-state index contributed by atoms with van der Waals surface area (Å²) in [5, 5.41) is 20.3. The van der Waals surface area contributed by atoms with E-state index in [0.717, 1.165) is 25.8 Å². The minimum atomic E-state index is -0.504. The number of nitrogens with zero attached hydrogens (tertiary/aromatic N) is 2. The number of benzene rings is 1. The summed E-state index contributed by atoms with van der Waals surface area (Å²) in [6, 6.07) is 4.32. The maximum atomic E-state index is 11.8. The Labute approximate surface area is 117 Å². The highest BCUT2D eigenvalue weighted by Crippen LogP contribution is 2.30. The van der Waals surface area contributed by atoms with Crippen LogP contribution < -0.4 is 4.90 Å². The summed E-state index contributed by atoms with van der Waals surface area (Å²) in [6.07, 6.45) is 2.90. The van der Waals surface area contributed by atoms with Gasteiger partial charge in [0.1, 0.15) is 0 Å². The Kier molecular flexibility index (Phi) is 4.34. The fraction of sp³-hybridized carbons (Fsp3) is 0.500. The molecule has 1 heterocycles. The molecule has 1 aromatic rings. The standard InChI is InChI=1S/C14H18N2O4/c1-10(18)13-8-11(16(19)20)5-6-14(13)15-7-3-2-4-12(15)9-17/h5-6,8,12,17H,2-4,7,9H2,1H3. The number of nitro benzene ring substituents is 1. The van der Waals surface area contributed by atoms with E-state index in [9.17, 15) is 20.0 Å². The lowest BCUT2D eigenvalue weighted by molar-refractivity contribution is -0.384. The third kappa shape index (κ3) is 2.80. The molecule has 108 valence electrons. The SMILES string of the molecule is CC(=O)c1cc([N+](=O)[O-])ccc1N1CCCCC1CO. The van der Waals surface area contributed by atoms with Crippen molar-refractivity contribution in [2.24, 2.45) is 0 Å². The van der Waals surface area contributed by atoms with Gasteiger partial charge in [0.15, 0.2) is 5.78 Å². The smallest absolute Gasteiger partial charge is 0.270 e. The average Bonchev–Trinajstić information content (AvgIpc) is 2.46. The van der Waals surface area contributed by atoms with Crippen LogP contribution in [0.4, 0.5) is 11.4 Å². The van der Waals surface area contributed by atoms with Crippen molar-refractivity contribution < 1.29 is 14.8 Å². The van der Waals surface area contributed by atoms with Gasteiger partial charge >= 0.3 is 0 Å². The molecular formula is C14H18N2O4. The van der Waals surface area contributed by atoms with Gasteiger partial charge in [0.25, 0.3) is 5.69 Å². The Morgan fingerprint density at radius 3 is 2.85 bits per heavy atom. The van der Waals surface area contributed by atoms with Crippen molar-refractivity contribution in [1.29, 1.82) is 0 Å². The number of ketones is 1. The monoisotopic (exact) mass is 278 g/mol. The summed E-state index contributed by atoms with van der Waals surface area (Å²) < 4.78 is 0. The van der Waals surface area contributed by atoms with Crippen molar-refractivity contribution >= 4 is 17.2 Å². The molecule has 1 unspecified atom stereocenters. The molecule has 0 radical (unpaired) electrons. The van der Waals surface area contributed by atoms with Crippen molar-refractivity contribution in [3.05, 3.63) is 33.9 Å². The van der Waals surface area contributed by atoms with E-state index in [1.165, 1.54) is 19.1 Å². The van der Waals surface area contributed by atoms with Crippen LogP contribution in [-0.2, 0) is 0 Å². The first-order valence-corrected chi connectivity index (χ1v) is 6.71. The van der Waals surface area contributed by atoms with Crippen molar-refractivity contribution in [2.75, 3.05) is 18.1 Å². The number of rotatable bonds is 4. The van der Waals surface area contributed by atoms with Crippen LogP contribution in [0.1, 0.15) is 36.5 Å². The van der Waals surface area contributed by atoms with E-state index in [-0.39, 0.29) is 24.1 Å². The van der Waals surface area contributed by atoms with Crippen LogP contribution in [0.2, 0.25) is 0 Å². The van der Waals surface area contributed by atoms with Crippen molar-refractivity contribution in [3.8, 4) is 0 Å². The summed E-state index contributed by atoms with van der Waals surface area (Å²) in [7, 11) is 0. The zero-order chi connectivity index (χ0) is 14.7. The molecule has 0 spiro atoms. The number of anilines is 1. The number of aliphatic hydroxyl groups is 1. The van der Waals surface area contributed by atoms with Gasteiger partial charge in [0.05, 0.1) is 17.6 Å². The molecule has 1 aromatic carbocycles. The Balaban J connectivity index is 2.44. The third-order valence-electron chi connectivity index (χ3n) is 3.72. The summed E-state index contributed by atoms with van der Waals surface area (Å²) in [4.78, 5) is 24.1. The van der Waals surface area contributed by atoms with E-state index < -0.39 is 4.92 Å². The van der Waals surface area contributed by atoms with E-state index in [1.54, 1.807) is 6.07 Å². The molecule has 6 nitrogen and oxygen atoms in total. The molecule has 0 amide bonds. The van der Waals surface area contributed by atoms with E-state index in [4.69, 9.17) is 0 Å². The van der Waals surface area contributed by atoms with Crippen LogP contribution in [0.3, 0.4) is 0 Å². The van der Waals surface area contributed by atoms with Gasteiger partial charge in [0.2, 0.25) is 0 Å². The second-order valence-electron chi connectivity index (χ2n) is 5.04. The largest absolute Gasteiger partial charge is 0.394 e. The van der Waals surface area contributed by atoms with Crippen LogP contribution in [0.25, 0.3) is 0 Å². The van der Waals surface area contributed by atoms with Crippen LogP contribution in [0.15, 0.2) is 18.2 Å². The number of nitro groups is 1. The third-order valence-corrected chi connectivity index (χ3v) is 3.72. The molecular weight excluding hydrogens is 260 g/mol. The Morgan fingerprint density at radius 1 is 1.50 bits per heavy atom. The molecule has 6 heteroatoms. The number of carbonyl (C=O) groups excluding carboxylic acids is 1. The quantitative estimate of drug-likeness (QED) is 0.518. The number of hydrogen-bond donors (Lipinski definition) is 1. The minimum Gasteiger partial charge on any atom is -0.394 e. The molecule has 1 aliphatic heterocycles. The highest BCUT2D eigenvalue weighted by Gasteiger charge is 2.26. The van der Waals surface area contributed by atoms with Crippen LogP contribution in [-0.4, -0.2) is 35.0 Å². The zero-order valence-electron chi connectivity index (χ0n) is 11.4. The zero-order valence-corrected chi connectivity index (χ0v) is 11.4.